The lowest BCUT2D eigenvalue weighted by Crippen LogP contribution is -2.09. The Morgan fingerprint density at radius 1 is 1.05 bits per heavy atom. The number of halogens is 1. The molecule has 0 fully saturated rings. The fourth-order valence-corrected chi connectivity index (χ4v) is 1.89. The zero-order chi connectivity index (χ0) is 15.1. The molecule has 2 aromatic carbocycles. The molecule has 0 unspecified atom stereocenters. The van der Waals surface area contributed by atoms with Crippen LogP contribution in [0.1, 0.15) is 5.56 Å². The van der Waals surface area contributed by atoms with Crippen LogP contribution < -0.4 is 14.2 Å². The molecule has 0 amide bonds. The lowest BCUT2D eigenvalue weighted by atomic mass is 10.2. The molecule has 0 aliphatic rings. The summed E-state index contributed by atoms with van der Waals surface area (Å²) >= 11 is 5.82. The second-order valence-corrected chi connectivity index (χ2v) is 4.56. The maximum Gasteiger partial charge on any atom is 0.137 e. The van der Waals surface area contributed by atoms with Crippen LogP contribution in [0.2, 0.25) is 5.02 Å². The summed E-state index contributed by atoms with van der Waals surface area (Å²) in [6.45, 7) is 0.689. The predicted octanol–water partition coefficient (Wildman–Crippen LogP) is 3.68. The van der Waals surface area contributed by atoms with E-state index in [1.54, 1.807) is 31.4 Å². The molecule has 0 saturated carbocycles. The van der Waals surface area contributed by atoms with E-state index in [1.807, 2.05) is 24.3 Å². The van der Waals surface area contributed by atoms with Crippen molar-refractivity contribution < 1.29 is 14.2 Å². The van der Waals surface area contributed by atoms with E-state index < -0.39 is 0 Å². The monoisotopic (exact) mass is 303 g/mol. The van der Waals surface area contributed by atoms with Crippen LogP contribution in [0.4, 0.5) is 0 Å². The Labute approximate surface area is 128 Å². The summed E-state index contributed by atoms with van der Waals surface area (Å²) in [7, 11) is 1.60. The van der Waals surface area contributed by atoms with Gasteiger partial charge in [-0.05, 0) is 30.3 Å². The summed E-state index contributed by atoms with van der Waals surface area (Å²) in [5.41, 5.74) is 0.406. The maximum atomic E-state index is 9.00. The fourth-order valence-electron chi connectivity index (χ4n) is 1.72. The van der Waals surface area contributed by atoms with Crippen molar-refractivity contribution in [3.05, 3.63) is 53.1 Å². The van der Waals surface area contributed by atoms with E-state index in [9.17, 15) is 0 Å². The zero-order valence-electron chi connectivity index (χ0n) is 11.5. The van der Waals surface area contributed by atoms with Crippen LogP contribution in [0.15, 0.2) is 42.5 Å². The minimum atomic E-state index is 0.327. The van der Waals surface area contributed by atoms with E-state index in [0.29, 0.717) is 35.3 Å². The summed E-state index contributed by atoms with van der Waals surface area (Å²) in [5, 5.41) is 9.51. The molecule has 21 heavy (non-hydrogen) atoms. The van der Waals surface area contributed by atoms with Crippen molar-refractivity contribution in [2.24, 2.45) is 0 Å². The van der Waals surface area contributed by atoms with Gasteiger partial charge in [-0.1, -0.05) is 17.7 Å². The van der Waals surface area contributed by atoms with Crippen LogP contribution in [0.25, 0.3) is 0 Å². The molecule has 0 aliphatic heterocycles. The molecule has 108 valence electrons. The number of rotatable bonds is 6. The van der Waals surface area contributed by atoms with Crippen molar-refractivity contribution in [3.8, 4) is 23.3 Å². The van der Waals surface area contributed by atoms with E-state index in [0.717, 1.165) is 5.75 Å². The summed E-state index contributed by atoms with van der Waals surface area (Å²) in [6.07, 6.45) is 0. The van der Waals surface area contributed by atoms with Gasteiger partial charge < -0.3 is 14.2 Å². The van der Waals surface area contributed by atoms with Gasteiger partial charge in [0, 0.05) is 11.1 Å². The minimum absolute atomic E-state index is 0.327. The van der Waals surface area contributed by atoms with E-state index >= 15 is 0 Å². The average molecular weight is 304 g/mol. The van der Waals surface area contributed by atoms with Crippen molar-refractivity contribution in [2.45, 2.75) is 0 Å². The maximum absolute atomic E-state index is 9.00. The Bertz CT molecular complexity index is 652. The number of nitriles is 1. The Kier molecular flexibility index (Phi) is 5.30. The number of nitrogens with zero attached hydrogens (tertiary/aromatic N) is 1. The standard InChI is InChI=1S/C16H14ClNO3/c1-19-14-3-2-4-15(10-14)20-7-8-21-16-6-5-13(17)9-12(16)11-18/h2-6,9-10H,7-8H2,1H3. The van der Waals surface area contributed by atoms with Gasteiger partial charge in [-0.15, -0.1) is 0 Å². The molecule has 0 saturated heterocycles. The normalized spacial score (nSPS) is 9.76. The van der Waals surface area contributed by atoms with Gasteiger partial charge in [-0.25, -0.2) is 0 Å². The average Bonchev–Trinajstić information content (AvgIpc) is 2.52. The second-order valence-electron chi connectivity index (χ2n) is 4.13. The number of methoxy groups -OCH3 is 1. The number of benzene rings is 2. The minimum Gasteiger partial charge on any atom is -0.497 e. The molecule has 0 atom stereocenters. The van der Waals surface area contributed by atoms with E-state index in [2.05, 4.69) is 0 Å². The van der Waals surface area contributed by atoms with Crippen molar-refractivity contribution in [2.75, 3.05) is 20.3 Å². The van der Waals surface area contributed by atoms with E-state index in [4.69, 9.17) is 31.1 Å². The molecule has 0 bridgehead atoms. The van der Waals surface area contributed by atoms with E-state index in [-0.39, 0.29) is 0 Å². The summed E-state index contributed by atoms with van der Waals surface area (Å²) in [4.78, 5) is 0. The third-order valence-electron chi connectivity index (χ3n) is 2.71. The third kappa shape index (κ3) is 4.30. The van der Waals surface area contributed by atoms with Crippen molar-refractivity contribution >= 4 is 11.6 Å². The van der Waals surface area contributed by atoms with Gasteiger partial charge in [0.15, 0.2) is 0 Å². The summed E-state index contributed by atoms with van der Waals surface area (Å²) in [6, 6.07) is 14.3. The molecular formula is C16H14ClNO3. The number of hydrogen-bond acceptors (Lipinski definition) is 4. The van der Waals surface area contributed by atoms with Crippen molar-refractivity contribution in [1.29, 1.82) is 5.26 Å². The molecule has 0 aromatic heterocycles. The predicted molar refractivity (Wildman–Crippen MR) is 80.2 cm³/mol. The first kappa shape index (κ1) is 15.0. The molecular weight excluding hydrogens is 290 g/mol. The topological polar surface area (TPSA) is 51.5 Å². The van der Waals surface area contributed by atoms with Gasteiger partial charge in [0.05, 0.1) is 12.7 Å². The first-order valence-corrected chi connectivity index (χ1v) is 6.70. The highest BCUT2D eigenvalue weighted by Crippen LogP contribution is 2.22. The lowest BCUT2D eigenvalue weighted by molar-refractivity contribution is 0.216. The van der Waals surface area contributed by atoms with E-state index in [1.165, 1.54) is 0 Å². The van der Waals surface area contributed by atoms with Crippen LogP contribution in [-0.2, 0) is 0 Å². The molecule has 2 rings (SSSR count). The number of hydrogen-bond donors (Lipinski definition) is 0. The highest BCUT2D eigenvalue weighted by atomic mass is 35.5. The van der Waals surface area contributed by atoms with Crippen LogP contribution in [0.3, 0.4) is 0 Å². The van der Waals surface area contributed by atoms with Crippen LogP contribution in [0.5, 0.6) is 17.2 Å². The molecule has 2 aromatic rings. The van der Waals surface area contributed by atoms with Gasteiger partial charge in [-0.2, -0.15) is 5.26 Å². The van der Waals surface area contributed by atoms with Gasteiger partial charge in [0.1, 0.15) is 36.5 Å². The zero-order valence-corrected chi connectivity index (χ0v) is 12.3. The van der Waals surface area contributed by atoms with Gasteiger partial charge in [0.2, 0.25) is 0 Å². The quantitative estimate of drug-likeness (QED) is 0.764. The largest absolute Gasteiger partial charge is 0.497 e. The van der Waals surface area contributed by atoms with Gasteiger partial charge >= 0.3 is 0 Å². The molecule has 4 nitrogen and oxygen atoms in total. The fraction of sp³-hybridized carbons (Fsp3) is 0.188. The molecule has 0 spiro atoms. The molecule has 0 radical (unpaired) electrons. The third-order valence-corrected chi connectivity index (χ3v) is 2.95. The first-order valence-electron chi connectivity index (χ1n) is 6.32. The van der Waals surface area contributed by atoms with Crippen molar-refractivity contribution in [3.63, 3.8) is 0 Å². The summed E-state index contributed by atoms with van der Waals surface area (Å²) < 4.78 is 16.2. The molecule has 0 aliphatic carbocycles. The van der Waals surface area contributed by atoms with Crippen molar-refractivity contribution in [1.82, 2.24) is 0 Å². The Balaban J connectivity index is 1.86. The number of ether oxygens (including phenoxy) is 3. The van der Waals surface area contributed by atoms with Gasteiger partial charge in [0.25, 0.3) is 0 Å². The highest BCUT2D eigenvalue weighted by Gasteiger charge is 2.04. The molecule has 0 N–H and O–H groups in total. The molecule has 0 heterocycles. The second kappa shape index (κ2) is 7.41. The van der Waals surface area contributed by atoms with Gasteiger partial charge in [-0.3, -0.25) is 0 Å². The first-order chi connectivity index (χ1) is 10.2. The highest BCUT2D eigenvalue weighted by molar-refractivity contribution is 6.30. The smallest absolute Gasteiger partial charge is 0.137 e. The summed E-state index contributed by atoms with van der Waals surface area (Å²) in [5.74, 6) is 1.93. The molecule has 5 heteroatoms. The Morgan fingerprint density at radius 2 is 1.81 bits per heavy atom. The Morgan fingerprint density at radius 3 is 2.57 bits per heavy atom. The lowest BCUT2D eigenvalue weighted by Gasteiger charge is -2.10. The van der Waals surface area contributed by atoms with Crippen LogP contribution in [0, 0.1) is 11.3 Å². The Hall–Kier alpha value is -2.38. The van der Waals surface area contributed by atoms with Crippen LogP contribution in [-0.4, -0.2) is 20.3 Å². The van der Waals surface area contributed by atoms with Crippen LogP contribution >= 0.6 is 11.6 Å². The SMILES string of the molecule is COc1cccc(OCCOc2ccc(Cl)cc2C#N)c1.